The van der Waals surface area contributed by atoms with E-state index in [1.54, 1.807) is 12.1 Å². The molecule has 0 aliphatic rings. The second-order valence-corrected chi connectivity index (χ2v) is 9.91. The molecule has 9 nitrogen and oxygen atoms in total. The Hall–Kier alpha value is -4.05. The SMILES string of the molecule is CCCOC(=O)c1ccc(C(=O)NS(=O)(=O)c2ccc(CCNC(=O)CCc3ccccc3)cc2)cn1. The summed E-state index contributed by atoms with van der Waals surface area (Å²) >= 11 is 0. The first-order valence-electron chi connectivity index (χ1n) is 11.9. The van der Waals surface area contributed by atoms with Gasteiger partial charge in [0.1, 0.15) is 5.69 Å². The lowest BCUT2D eigenvalue weighted by Gasteiger charge is -2.09. The largest absolute Gasteiger partial charge is 0.461 e. The van der Waals surface area contributed by atoms with Crippen molar-refractivity contribution in [1.82, 2.24) is 15.0 Å². The summed E-state index contributed by atoms with van der Waals surface area (Å²) in [6.45, 7) is 2.53. The van der Waals surface area contributed by atoms with Gasteiger partial charge in [0.05, 0.1) is 17.1 Å². The third kappa shape index (κ3) is 8.53. The summed E-state index contributed by atoms with van der Waals surface area (Å²) in [5.41, 5.74) is 1.94. The van der Waals surface area contributed by atoms with Crippen LogP contribution in [0.25, 0.3) is 0 Å². The van der Waals surface area contributed by atoms with E-state index < -0.39 is 21.9 Å². The summed E-state index contributed by atoms with van der Waals surface area (Å²) in [5.74, 6) is -1.54. The van der Waals surface area contributed by atoms with Crippen molar-refractivity contribution in [1.29, 1.82) is 0 Å². The normalized spacial score (nSPS) is 10.9. The number of nitrogens with one attached hydrogen (secondary N) is 2. The number of aromatic nitrogens is 1. The van der Waals surface area contributed by atoms with E-state index in [0.717, 1.165) is 17.3 Å². The van der Waals surface area contributed by atoms with Gasteiger partial charge in [0.15, 0.2) is 0 Å². The minimum atomic E-state index is -4.12. The lowest BCUT2D eigenvalue weighted by atomic mass is 10.1. The fraction of sp³-hybridized carbons (Fsp3) is 0.259. The first-order valence-corrected chi connectivity index (χ1v) is 13.4. The van der Waals surface area contributed by atoms with Crippen LogP contribution in [0.3, 0.4) is 0 Å². The maximum absolute atomic E-state index is 12.6. The molecule has 1 aromatic heterocycles. The Balaban J connectivity index is 1.48. The van der Waals surface area contributed by atoms with Crippen molar-refractivity contribution in [3.8, 4) is 0 Å². The van der Waals surface area contributed by atoms with E-state index in [0.29, 0.717) is 32.2 Å². The maximum Gasteiger partial charge on any atom is 0.356 e. The highest BCUT2D eigenvalue weighted by atomic mass is 32.2. The van der Waals surface area contributed by atoms with Gasteiger partial charge in [-0.15, -0.1) is 0 Å². The first kappa shape index (κ1) is 27.5. The number of amides is 2. The molecule has 0 unspecified atom stereocenters. The molecule has 2 amide bonds. The van der Waals surface area contributed by atoms with Gasteiger partial charge in [0, 0.05) is 19.2 Å². The Morgan fingerprint density at radius 2 is 1.59 bits per heavy atom. The molecule has 10 heteroatoms. The molecule has 0 fully saturated rings. The number of rotatable bonds is 12. The number of aryl methyl sites for hydroxylation is 1. The van der Waals surface area contributed by atoms with E-state index >= 15 is 0 Å². The molecule has 0 atom stereocenters. The number of carbonyl (C=O) groups is 3. The average Bonchev–Trinajstić information content (AvgIpc) is 2.91. The zero-order valence-corrected chi connectivity index (χ0v) is 21.3. The number of pyridine rings is 1. The summed E-state index contributed by atoms with van der Waals surface area (Å²) in [6, 6.07) is 18.4. The van der Waals surface area contributed by atoms with Crippen LogP contribution in [0, 0.1) is 0 Å². The third-order valence-corrected chi connectivity index (χ3v) is 6.70. The van der Waals surface area contributed by atoms with Gasteiger partial charge in [-0.25, -0.2) is 22.9 Å². The average molecular weight is 524 g/mol. The predicted octanol–water partition coefficient (Wildman–Crippen LogP) is 3.06. The van der Waals surface area contributed by atoms with Crippen LogP contribution < -0.4 is 10.0 Å². The Morgan fingerprint density at radius 1 is 0.892 bits per heavy atom. The van der Waals surface area contributed by atoms with Gasteiger partial charge in [-0.2, -0.15) is 0 Å². The number of benzene rings is 2. The Morgan fingerprint density at radius 3 is 2.24 bits per heavy atom. The second kappa shape index (κ2) is 13.3. The zero-order valence-electron chi connectivity index (χ0n) is 20.5. The molecule has 0 saturated carbocycles. The van der Waals surface area contributed by atoms with E-state index in [9.17, 15) is 22.8 Å². The number of nitrogens with zero attached hydrogens (tertiary/aromatic N) is 1. The van der Waals surface area contributed by atoms with Crippen LogP contribution in [-0.4, -0.2) is 44.3 Å². The number of ether oxygens (including phenoxy) is 1. The third-order valence-electron chi connectivity index (χ3n) is 5.35. The van der Waals surface area contributed by atoms with Crippen molar-refractivity contribution in [3.05, 3.63) is 95.3 Å². The minimum Gasteiger partial charge on any atom is -0.461 e. The van der Waals surface area contributed by atoms with Crippen LogP contribution in [0.4, 0.5) is 0 Å². The van der Waals surface area contributed by atoms with E-state index in [2.05, 4.69) is 10.3 Å². The van der Waals surface area contributed by atoms with E-state index in [-0.39, 0.29) is 28.7 Å². The molecule has 3 rings (SSSR count). The lowest BCUT2D eigenvalue weighted by molar-refractivity contribution is -0.121. The molecule has 0 spiro atoms. The van der Waals surface area contributed by atoms with Crippen LogP contribution in [0.5, 0.6) is 0 Å². The maximum atomic E-state index is 12.6. The molecule has 0 aliphatic carbocycles. The van der Waals surface area contributed by atoms with Crippen LogP contribution in [-0.2, 0) is 32.4 Å². The Bertz CT molecular complexity index is 1310. The predicted molar refractivity (Wildman–Crippen MR) is 137 cm³/mol. The van der Waals surface area contributed by atoms with Crippen molar-refractivity contribution < 1.29 is 27.5 Å². The summed E-state index contributed by atoms with van der Waals surface area (Å²) < 4.78 is 32.2. The van der Waals surface area contributed by atoms with Crippen molar-refractivity contribution in [3.63, 3.8) is 0 Å². The number of esters is 1. The van der Waals surface area contributed by atoms with Gasteiger partial charge in [0.25, 0.3) is 15.9 Å². The molecular formula is C27H29N3O6S. The van der Waals surface area contributed by atoms with Crippen LogP contribution in [0.2, 0.25) is 0 Å². The van der Waals surface area contributed by atoms with Gasteiger partial charge in [-0.05, 0) is 54.7 Å². The molecule has 3 aromatic rings. The van der Waals surface area contributed by atoms with Crippen molar-refractivity contribution in [2.75, 3.05) is 13.2 Å². The molecule has 194 valence electrons. The molecule has 0 radical (unpaired) electrons. The fourth-order valence-corrected chi connectivity index (χ4v) is 4.30. The molecule has 1 heterocycles. The lowest BCUT2D eigenvalue weighted by Crippen LogP contribution is -2.30. The van der Waals surface area contributed by atoms with Gasteiger partial charge < -0.3 is 10.1 Å². The molecule has 2 aromatic carbocycles. The van der Waals surface area contributed by atoms with Crippen molar-refractivity contribution in [2.24, 2.45) is 0 Å². The van der Waals surface area contributed by atoms with E-state index in [4.69, 9.17) is 4.74 Å². The minimum absolute atomic E-state index is 0.0183. The van der Waals surface area contributed by atoms with Gasteiger partial charge >= 0.3 is 5.97 Å². The van der Waals surface area contributed by atoms with Gasteiger partial charge in [-0.1, -0.05) is 49.4 Å². The van der Waals surface area contributed by atoms with E-state index in [1.165, 1.54) is 24.3 Å². The highest BCUT2D eigenvalue weighted by molar-refractivity contribution is 7.90. The van der Waals surface area contributed by atoms with Gasteiger partial charge in [-0.3, -0.25) is 9.59 Å². The molecule has 0 saturated heterocycles. The quantitative estimate of drug-likeness (QED) is 0.349. The zero-order chi connectivity index (χ0) is 26.7. The standard InChI is InChI=1S/C27H29N3O6S/c1-2-18-36-27(33)24-14-11-22(19-29-24)26(32)30-37(34,35)23-12-8-21(9-13-23)16-17-28-25(31)15-10-20-6-4-3-5-7-20/h3-9,11-14,19H,2,10,15-18H2,1H3,(H,28,31)(H,30,32). The summed E-state index contributed by atoms with van der Waals surface area (Å²) in [7, 11) is -4.12. The van der Waals surface area contributed by atoms with Crippen LogP contribution in [0.15, 0.2) is 77.8 Å². The number of carbonyl (C=O) groups excluding carboxylic acids is 3. The second-order valence-electron chi connectivity index (χ2n) is 8.23. The molecule has 0 aliphatic heterocycles. The monoisotopic (exact) mass is 523 g/mol. The summed E-state index contributed by atoms with van der Waals surface area (Å²) in [4.78, 5) is 40.1. The Labute approximate surface area is 216 Å². The molecule has 37 heavy (non-hydrogen) atoms. The Kier molecular flexibility index (Phi) is 9.91. The first-order chi connectivity index (χ1) is 17.8. The molecule has 2 N–H and O–H groups in total. The van der Waals surface area contributed by atoms with Crippen LogP contribution >= 0.6 is 0 Å². The fourth-order valence-electron chi connectivity index (χ4n) is 3.33. The molecule has 0 bridgehead atoms. The topological polar surface area (TPSA) is 132 Å². The number of sulfonamides is 1. The van der Waals surface area contributed by atoms with Crippen molar-refractivity contribution in [2.45, 2.75) is 37.5 Å². The number of hydrogen-bond donors (Lipinski definition) is 2. The highest BCUT2D eigenvalue weighted by Gasteiger charge is 2.19. The smallest absolute Gasteiger partial charge is 0.356 e. The van der Waals surface area contributed by atoms with Crippen molar-refractivity contribution >= 4 is 27.8 Å². The van der Waals surface area contributed by atoms with Gasteiger partial charge in [0.2, 0.25) is 5.91 Å². The van der Waals surface area contributed by atoms with E-state index in [1.807, 2.05) is 42.0 Å². The summed E-state index contributed by atoms with van der Waals surface area (Å²) in [5, 5.41) is 2.86. The number of hydrogen-bond acceptors (Lipinski definition) is 7. The molecular weight excluding hydrogens is 494 g/mol. The highest BCUT2D eigenvalue weighted by Crippen LogP contribution is 2.12. The van der Waals surface area contributed by atoms with Crippen LogP contribution in [0.1, 0.15) is 51.7 Å². The summed E-state index contributed by atoms with van der Waals surface area (Å²) in [6.07, 6.45) is 3.36.